The van der Waals surface area contributed by atoms with Gasteiger partial charge in [0.1, 0.15) is 0 Å². The molecule has 0 aromatic heterocycles. The maximum atomic E-state index is 12.1. The number of esters is 2. The summed E-state index contributed by atoms with van der Waals surface area (Å²) in [7, 11) is 0. The molecule has 0 atom stereocenters. The zero-order valence-electron chi connectivity index (χ0n) is 19.7. The Morgan fingerprint density at radius 1 is 0.794 bits per heavy atom. The minimum atomic E-state index is -0.554. The van der Waals surface area contributed by atoms with Crippen molar-refractivity contribution in [2.45, 2.75) is 52.4 Å². The van der Waals surface area contributed by atoms with Gasteiger partial charge < -0.3 is 20.1 Å². The van der Waals surface area contributed by atoms with Crippen LogP contribution in [0.15, 0.2) is 48.5 Å². The first-order valence-electron chi connectivity index (χ1n) is 11.5. The summed E-state index contributed by atoms with van der Waals surface area (Å²) in [5, 5.41) is 5.45. The van der Waals surface area contributed by atoms with Crippen molar-refractivity contribution in [1.82, 2.24) is 0 Å². The van der Waals surface area contributed by atoms with Crippen molar-refractivity contribution in [2.75, 3.05) is 23.8 Å². The predicted molar refractivity (Wildman–Crippen MR) is 130 cm³/mol. The Labute approximate surface area is 200 Å². The molecule has 34 heavy (non-hydrogen) atoms. The molecule has 2 rings (SSSR count). The van der Waals surface area contributed by atoms with E-state index < -0.39 is 24.5 Å². The monoisotopic (exact) mass is 468 g/mol. The normalized spacial score (nSPS) is 10.3. The molecular weight excluding hydrogens is 436 g/mol. The van der Waals surface area contributed by atoms with Crippen molar-refractivity contribution >= 4 is 35.1 Å². The van der Waals surface area contributed by atoms with Crippen LogP contribution in [-0.2, 0) is 30.3 Å². The second kappa shape index (κ2) is 14.5. The van der Waals surface area contributed by atoms with E-state index in [4.69, 9.17) is 9.47 Å². The van der Waals surface area contributed by atoms with Crippen molar-refractivity contribution in [2.24, 2.45) is 0 Å². The third-order valence-electron chi connectivity index (χ3n) is 4.96. The highest BCUT2D eigenvalue weighted by Crippen LogP contribution is 2.16. The molecule has 0 aliphatic carbocycles. The highest BCUT2D eigenvalue weighted by Gasteiger charge is 2.11. The molecule has 0 radical (unpaired) electrons. The first-order valence-corrected chi connectivity index (χ1v) is 11.5. The van der Waals surface area contributed by atoms with Crippen LogP contribution in [0.25, 0.3) is 0 Å². The maximum Gasteiger partial charge on any atom is 0.338 e. The molecule has 0 bridgehead atoms. The van der Waals surface area contributed by atoms with Crippen LogP contribution < -0.4 is 10.6 Å². The smallest absolute Gasteiger partial charge is 0.338 e. The second-order valence-corrected chi connectivity index (χ2v) is 7.69. The van der Waals surface area contributed by atoms with Crippen LogP contribution in [-0.4, -0.2) is 37.0 Å². The van der Waals surface area contributed by atoms with Gasteiger partial charge in [-0.1, -0.05) is 38.5 Å². The number of ether oxygens (including phenoxy) is 2. The van der Waals surface area contributed by atoms with E-state index in [0.717, 1.165) is 30.5 Å². The van der Waals surface area contributed by atoms with Gasteiger partial charge in [0.25, 0.3) is 5.91 Å². The summed E-state index contributed by atoms with van der Waals surface area (Å²) >= 11 is 0. The molecule has 0 spiro atoms. The Morgan fingerprint density at radius 3 is 2.24 bits per heavy atom. The highest BCUT2D eigenvalue weighted by atomic mass is 16.5. The predicted octanol–water partition coefficient (Wildman–Crippen LogP) is 4.50. The lowest BCUT2D eigenvalue weighted by atomic mass is 10.1. The van der Waals surface area contributed by atoms with E-state index in [1.54, 1.807) is 24.3 Å². The van der Waals surface area contributed by atoms with Crippen LogP contribution in [0.1, 0.15) is 61.9 Å². The SMILES string of the molecule is CCCCOC(=O)c1ccc(NC(=O)COC(=O)CCCC(=O)Nc2ccccc2CC)cc1. The van der Waals surface area contributed by atoms with Gasteiger partial charge in [0.2, 0.25) is 5.91 Å². The van der Waals surface area contributed by atoms with E-state index in [1.165, 1.54) is 0 Å². The molecule has 182 valence electrons. The number of rotatable bonds is 13. The summed E-state index contributed by atoms with van der Waals surface area (Å²) < 4.78 is 10.1. The Hall–Kier alpha value is -3.68. The summed E-state index contributed by atoms with van der Waals surface area (Å²) in [6.07, 6.45) is 3.07. The number of aryl methyl sites for hydroxylation is 1. The van der Waals surface area contributed by atoms with Crippen LogP contribution in [0, 0.1) is 0 Å². The van der Waals surface area contributed by atoms with E-state index in [-0.39, 0.29) is 18.7 Å². The third kappa shape index (κ3) is 9.44. The standard InChI is InChI=1S/C26H32N2O6/c1-3-5-17-33-26(32)20-13-15-21(16-14-20)27-24(30)18-34-25(31)12-8-11-23(29)28-22-10-7-6-9-19(22)4-2/h6-7,9-10,13-16H,3-5,8,11-12,17-18H2,1-2H3,(H,27,30)(H,28,29). The molecule has 8 heteroatoms. The largest absolute Gasteiger partial charge is 0.462 e. The average molecular weight is 469 g/mol. The molecule has 2 aromatic rings. The quantitative estimate of drug-likeness (QED) is 0.331. The molecule has 0 saturated heterocycles. The lowest BCUT2D eigenvalue weighted by Crippen LogP contribution is -2.21. The van der Waals surface area contributed by atoms with Gasteiger partial charge in [-0.15, -0.1) is 0 Å². The Kier molecular flexibility index (Phi) is 11.3. The molecule has 8 nitrogen and oxygen atoms in total. The molecule has 2 N–H and O–H groups in total. The van der Waals surface area contributed by atoms with Gasteiger partial charge in [-0.25, -0.2) is 4.79 Å². The van der Waals surface area contributed by atoms with Crippen molar-refractivity contribution in [3.63, 3.8) is 0 Å². The summed E-state index contributed by atoms with van der Waals surface area (Å²) in [6.45, 7) is 3.96. The average Bonchev–Trinajstić information content (AvgIpc) is 2.83. The van der Waals surface area contributed by atoms with Crippen LogP contribution in [0.4, 0.5) is 11.4 Å². The number of amides is 2. The van der Waals surface area contributed by atoms with Crippen molar-refractivity contribution in [1.29, 1.82) is 0 Å². The lowest BCUT2D eigenvalue weighted by Gasteiger charge is -2.10. The number of benzene rings is 2. The second-order valence-electron chi connectivity index (χ2n) is 7.69. The number of hydrogen-bond donors (Lipinski definition) is 2. The summed E-state index contributed by atoms with van der Waals surface area (Å²) in [5.74, 6) is -1.64. The van der Waals surface area contributed by atoms with Gasteiger partial charge in [0, 0.05) is 24.2 Å². The molecule has 2 amide bonds. The molecule has 0 saturated carbocycles. The van der Waals surface area contributed by atoms with Crippen LogP contribution in [0.2, 0.25) is 0 Å². The van der Waals surface area contributed by atoms with E-state index in [9.17, 15) is 19.2 Å². The Morgan fingerprint density at radius 2 is 1.53 bits per heavy atom. The molecule has 0 fully saturated rings. The number of anilines is 2. The summed E-state index contributed by atoms with van der Waals surface area (Å²) in [5.41, 5.74) is 2.68. The summed E-state index contributed by atoms with van der Waals surface area (Å²) in [6, 6.07) is 13.8. The van der Waals surface area contributed by atoms with Gasteiger partial charge in [-0.3, -0.25) is 14.4 Å². The summed E-state index contributed by atoms with van der Waals surface area (Å²) in [4.78, 5) is 47.9. The minimum Gasteiger partial charge on any atom is -0.462 e. The number of hydrogen-bond acceptors (Lipinski definition) is 6. The van der Waals surface area contributed by atoms with Gasteiger partial charge in [-0.2, -0.15) is 0 Å². The van der Waals surface area contributed by atoms with Gasteiger partial charge in [-0.05, 0) is 55.2 Å². The first-order chi connectivity index (χ1) is 16.4. The highest BCUT2D eigenvalue weighted by molar-refractivity contribution is 5.94. The van der Waals surface area contributed by atoms with Crippen molar-refractivity contribution in [3.05, 3.63) is 59.7 Å². The van der Waals surface area contributed by atoms with E-state index >= 15 is 0 Å². The fraction of sp³-hybridized carbons (Fsp3) is 0.385. The van der Waals surface area contributed by atoms with Crippen LogP contribution in [0.3, 0.4) is 0 Å². The van der Waals surface area contributed by atoms with E-state index in [0.29, 0.717) is 24.3 Å². The number of carbonyl (C=O) groups is 4. The molecule has 0 unspecified atom stereocenters. The topological polar surface area (TPSA) is 111 Å². The Balaban J connectivity index is 1.65. The molecule has 0 aliphatic heterocycles. The van der Waals surface area contributed by atoms with Crippen LogP contribution >= 0.6 is 0 Å². The fourth-order valence-electron chi connectivity index (χ4n) is 3.05. The van der Waals surface area contributed by atoms with E-state index in [2.05, 4.69) is 10.6 Å². The molecule has 0 heterocycles. The van der Waals surface area contributed by atoms with Gasteiger partial charge >= 0.3 is 11.9 Å². The number of unbranched alkanes of at least 4 members (excludes halogenated alkanes) is 1. The lowest BCUT2D eigenvalue weighted by molar-refractivity contribution is -0.147. The zero-order chi connectivity index (χ0) is 24.8. The number of para-hydroxylation sites is 1. The third-order valence-corrected chi connectivity index (χ3v) is 4.96. The molecule has 2 aromatic carbocycles. The Bertz CT molecular complexity index is 972. The van der Waals surface area contributed by atoms with Crippen molar-refractivity contribution < 1.29 is 28.7 Å². The number of nitrogens with one attached hydrogen (secondary N) is 2. The maximum absolute atomic E-state index is 12.1. The minimum absolute atomic E-state index is 0.0327. The van der Waals surface area contributed by atoms with Gasteiger partial charge in [0.15, 0.2) is 6.61 Å². The molecular formula is C26H32N2O6. The van der Waals surface area contributed by atoms with Gasteiger partial charge in [0.05, 0.1) is 12.2 Å². The molecule has 0 aliphatic rings. The fourth-order valence-corrected chi connectivity index (χ4v) is 3.05. The van der Waals surface area contributed by atoms with Crippen molar-refractivity contribution in [3.8, 4) is 0 Å². The van der Waals surface area contributed by atoms with E-state index in [1.807, 2.05) is 38.1 Å². The zero-order valence-corrected chi connectivity index (χ0v) is 19.7. The number of carbonyl (C=O) groups excluding carboxylic acids is 4. The first kappa shape index (κ1) is 26.6. The van der Waals surface area contributed by atoms with Crippen LogP contribution in [0.5, 0.6) is 0 Å².